The lowest BCUT2D eigenvalue weighted by Gasteiger charge is -2.32. The molecule has 4 atom stereocenters. The van der Waals surface area contributed by atoms with Crippen LogP contribution in [0, 0.1) is 5.92 Å². The summed E-state index contributed by atoms with van der Waals surface area (Å²) in [7, 11) is 0. The number of carbonyl (C=O) groups excluding carboxylic acids is 4. The second-order valence-corrected chi connectivity index (χ2v) is 8.51. The third-order valence-corrected chi connectivity index (χ3v) is 5.95. The zero-order valence-corrected chi connectivity index (χ0v) is 19.7. The molecule has 0 saturated carbocycles. The van der Waals surface area contributed by atoms with Crippen LogP contribution in [0.5, 0.6) is 0 Å². The van der Waals surface area contributed by atoms with Crippen molar-refractivity contribution < 1.29 is 33.4 Å². The lowest BCUT2D eigenvalue weighted by molar-refractivity contribution is -0.150. The zero-order chi connectivity index (χ0) is 25.0. The van der Waals surface area contributed by atoms with Crippen molar-refractivity contribution in [3.63, 3.8) is 0 Å². The maximum Gasteiger partial charge on any atom is 0.338 e. The highest BCUT2D eigenvalue weighted by atomic mass is 16.6. The standard InChI is InChI=1S/C27H28O7/c1-6-16(3)25(29)32-21-13-15(2)12-20(28)14-17(4)23(24-22(21)18(5)26(30)34-24)33-27(31)19-10-8-7-9-11-19/h6-12,14,21-24H,5,13H2,1-4H3/b15-12+,16-6+,17-14-/t21-,22+,23+,24-/m0/s1. The van der Waals surface area contributed by atoms with Gasteiger partial charge in [-0.2, -0.15) is 0 Å². The third kappa shape index (κ3) is 5.42. The fourth-order valence-electron chi connectivity index (χ4n) is 4.03. The van der Waals surface area contributed by atoms with E-state index in [-0.39, 0.29) is 17.8 Å². The molecule has 0 radical (unpaired) electrons. The van der Waals surface area contributed by atoms with Crippen LogP contribution in [0.1, 0.15) is 44.5 Å². The highest BCUT2D eigenvalue weighted by Gasteiger charge is 2.50. The number of carbonyl (C=O) groups is 4. The molecule has 0 N–H and O–H groups in total. The molecule has 1 heterocycles. The van der Waals surface area contributed by atoms with Crippen LogP contribution < -0.4 is 0 Å². The van der Waals surface area contributed by atoms with Crippen molar-refractivity contribution in [2.75, 3.05) is 0 Å². The first-order chi connectivity index (χ1) is 16.1. The molecule has 34 heavy (non-hydrogen) atoms. The molecule has 2 aliphatic rings. The molecule has 3 rings (SSSR count). The highest BCUT2D eigenvalue weighted by molar-refractivity contribution is 6.00. The minimum atomic E-state index is -1.08. The molecule has 7 nitrogen and oxygen atoms in total. The SMILES string of the molecule is C=C1C(=O)O[C@H]2[C@H]1[C@@H](OC(=O)/C(C)=C/C)C/C(C)=C/C(=O)/C=C(/C)[C@H]2OC(=O)c1ccccc1. The summed E-state index contributed by atoms with van der Waals surface area (Å²) in [5, 5.41) is 0. The summed E-state index contributed by atoms with van der Waals surface area (Å²) in [5.74, 6) is -2.96. The van der Waals surface area contributed by atoms with Crippen LogP contribution in [-0.4, -0.2) is 42.0 Å². The molecule has 0 amide bonds. The van der Waals surface area contributed by atoms with E-state index in [1.54, 1.807) is 64.1 Å². The van der Waals surface area contributed by atoms with E-state index in [0.717, 1.165) is 0 Å². The van der Waals surface area contributed by atoms with Gasteiger partial charge >= 0.3 is 17.9 Å². The lowest BCUT2D eigenvalue weighted by atomic mass is 9.82. The highest BCUT2D eigenvalue weighted by Crippen LogP contribution is 2.39. The Morgan fingerprint density at radius 3 is 2.41 bits per heavy atom. The predicted octanol–water partition coefficient (Wildman–Crippen LogP) is 4.05. The Bertz CT molecular complexity index is 1110. The maximum atomic E-state index is 12.9. The van der Waals surface area contributed by atoms with E-state index in [1.165, 1.54) is 12.2 Å². The number of allylic oxidation sites excluding steroid dienone is 3. The van der Waals surface area contributed by atoms with Crippen molar-refractivity contribution in [3.8, 4) is 0 Å². The molecule has 0 unspecified atom stereocenters. The van der Waals surface area contributed by atoms with Crippen molar-refractivity contribution >= 4 is 23.7 Å². The number of ether oxygens (including phenoxy) is 3. The van der Waals surface area contributed by atoms with Crippen LogP contribution >= 0.6 is 0 Å². The first-order valence-electron chi connectivity index (χ1n) is 11.0. The van der Waals surface area contributed by atoms with E-state index in [4.69, 9.17) is 14.2 Å². The Balaban J connectivity index is 2.07. The van der Waals surface area contributed by atoms with Gasteiger partial charge in [0.05, 0.1) is 11.5 Å². The second-order valence-electron chi connectivity index (χ2n) is 8.51. The van der Waals surface area contributed by atoms with Gasteiger partial charge in [0.15, 0.2) is 18.0 Å². The first-order valence-corrected chi connectivity index (χ1v) is 11.0. The summed E-state index contributed by atoms with van der Waals surface area (Å²) in [6.45, 7) is 10.6. The van der Waals surface area contributed by atoms with Crippen molar-refractivity contribution in [2.45, 2.75) is 52.4 Å². The minimum absolute atomic E-state index is 0.120. The van der Waals surface area contributed by atoms with Crippen molar-refractivity contribution in [3.05, 3.63) is 83.0 Å². The number of benzene rings is 1. The van der Waals surface area contributed by atoms with Crippen LogP contribution in [0.4, 0.5) is 0 Å². The fourth-order valence-corrected chi connectivity index (χ4v) is 4.03. The molecule has 0 aromatic heterocycles. The average molecular weight is 465 g/mol. The van der Waals surface area contributed by atoms with Crippen LogP contribution in [-0.2, 0) is 28.6 Å². The van der Waals surface area contributed by atoms with Crippen molar-refractivity contribution in [1.29, 1.82) is 0 Å². The zero-order valence-electron chi connectivity index (χ0n) is 19.7. The topological polar surface area (TPSA) is 96.0 Å². The van der Waals surface area contributed by atoms with E-state index in [1.807, 2.05) is 0 Å². The summed E-state index contributed by atoms with van der Waals surface area (Å²) in [5.41, 5.74) is 1.88. The molecule has 7 heteroatoms. The van der Waals surface area contributed by atoms with Crippen LogP contribution in [0.2, 0.25) is 0 Å². The molecule has 0 bridgehead atoms. The molecule has 1 fully saturated rings. The van der Waals surface area contributed by atoms with Gasteiger partial charge in [-0.1, -0.05) is 36.4 Å². The van der Waals surface area contributed by atoms with Crippen LogP contribution in [0.25, 0.3) is 0 Å². The molecule has 1 saturated heterocycles. The second kappa shape index (κ2) is 10.5. The summed E-state index contributed by atoms with van der Waals surface area (Å²) in [6.07, 6.45) is 1.62. The molecule has 178 valence electrons. The average Bonchev–Trinajstić information content (AvgIpc) is 3.09. The van der Waals surface area contributed by atoms with Crippen molar-refractivity contribution in [1.82, 2.24) is 0 Å². The van der Waals surface area contributed by atoms with Gasteiger partial charge in [-0.3, -0.25) is 4.79 Å². The summed E-state index contributed by atoms with van der Waals surface area (Å²) < 4.78 is 17.2. The molecule has 0 spiro atoms. The number of rotatable bonds is 4. The predicted molar refractivity (Wildman–Crippen MR) is 125 cm³/mol. The minimum Gasteiger partial charge on any atom is -0.458 e. The van der Waals surface area contributed by atoms with E-state index >= 15 is 0 Å². The third-order valence-electron chi connectivity index (χ3n) is 5.95. The van der Waals surface area contributed by atoms with E-state index < -0.39 is 42.1 Å². The lowest BCUT2D eigenvalue weighted by Crippen LogP contribution is -2.43. The van der Waals surface area contributed by atoms with Gasteiger partial charge in [0.1, 0.15) is 6.10 Å². The number of hydrogen-bond donors (Lipinski definition) is 0. The van der Waals surface area contributed by atoms with Gasteiger partial charge in [0.25, 0.3) is 0 Å². The fraction of sp³-hybridized carbons (Fsp3) is 0.333. The Morgan fingerprint density at radius 2 is 1.76 bits per heavy atom. The summed E-state index contributed by atoms with van der Waals surface area (Å²) >= 11 is 0. The molecule has 1 aliphatic heterocycles. The smallest absolute Gasteiger partial charge is 0.338 e. The molecular formula is C27H28O7. The molecule has 1 aliphatic carbocycles. The van der Waals surface area contributed by atoms with Gasteiger partial charge in [-0.25, -0.2) is 14.4 Å². The van der Waals surface area contributed by atoms with Gasteiger partial charge < -0.3 is 14.2 Å². The van der Waals surface area contributed by atoms with Gasteiger partial charge in [0.2, 0.25) is 0 Å². The van der Waals surface area contributed by atoms with Crippen LogP contribution in [0.3, 0.4) is 0 Å². The Hall–Kier alpha value is -3.74. The largest absolute Gasteiger partial charge is 0.458 e. The van der Waals surface area contributed by atoms with E-state index in [2.05, 4.69) is 6.58 Å². The number of fused-ring (bicyclic) bond motifs is 1. The van der Waals surface area contributed by atoms with Crippen molar-refractivity contribution in [2.24, 2.45) is 5.92 Å². The van der Waals surface area contributed by atoms with Gasteiger partial charge in [-0.15, -0.1) is 0 Å². The maximum absolute atomic E-state index is 12.9. The monoisotopic (exact) mass is 464 g/mol. The van der Waals surface area contributed by atoms with Crippen LogP contribution in [0.15, 0.2) is 77.4 Å². The van der Waals surface area contributed by atoms with Gasteiger partial charge in [0, 0.05) is 17.6 Å². The molecule has 1 aromatic rings. The number of ketones is 1. The molecular weight excluding hydrogens is 436 g/mol. The van der Waals surface area contributed by atoms with E-state index in [9.17, 15) is 19.2 Å². The Morgan fingerprint density at radius 1 is 1.09 bits per heavy atom. The Kier molecular flexibility index (Phi) is 7.66. The Labute approximate surface area is 198 Å². The van der Waals surface area contributed by atoms with E-state index in [0.29, 0.717) is 22.3 Å². The summed E-state index contributed by atoms with van der Waals surface area (Å²) in [4.78, 5) is 50.7. The number of hydrogen-bond acceptors (Lipinski definition) is 7. The quantitative estimate of drug-likeness (QED) is 0.377. The normalized spacial score (nSPS) is 28.6. The summed E-state index contributed by atoms with van der Waals surface area (Å²) in [6, 6.07) is 8.36. The van der Waals surface area contributed by atoms with Gasteiger partial charge in [-0.05, 0) is 57.6 Å². The number of esters is 3. The first kappa shape index (κ1) is 24.9. The molecule has 1 aromatic carbocycles.